The summed E-state index contributed by atoms with van der Waals surface area (Å²) in [5.74, 6) is 1.31. The van der Waals surface area contributed by atoms with Crippen LogP contribution < -0.4 is 20.1 Å². The molecule has 0 unspecified atom stereocenters. The van der Waals surface area contributed by atoms with Crippen LogP contribution in [0.2, 0.25) is 5.02 Å². The minimum Gasteiger partial charge on any atom is -0.497 e. The van der Waals surface area contributed by atoms with Gasteiger partial charge in [-0.15, -0.1) is 11.3 Å². The predicted molar refractivity (Wildman–Crippen MR) is 115 cm³/mol. The summed E-state index contributed by atoms with van der Waals surface area (Å²) in [7, 11) is -0.202. The van der Waals surface area contributed by atoms with E-state index < -0.39 is 10.0 Å². The number of hydrogen-bond acceptors (Lipinski definition) is 5. The van der Waals surface area contributed by atoms with Gasteiger partial charge < -0.3 is 15.4 Å². The number of rotatable bonds is 9. The number of nitrogens with zero attached hydrogens (tertiary/aromatic N) is 1. The second-order valence-corrected chi connectivity index (χ2v) is 9.58. The van der Waals surface area contributed by atoms with E-state index >= 15 is 0 Å². The van der Waals surface area contributed by atoms with E-state index in [-0.39, 0.29) is 6.54 Å². The summed E-state index contributed by atoms with van der Waals surface area (Å²) in [6.07, 6.45) is 0.716. The lowest BCUT2D eigenvalue weighted by atomic mass is 10.1. The van der Waals surface area contributed by atoms with Gasteiger partial charge in [0.05, 0.1) is 7.11 Å². The van der Waals surface area contributed by atoms with Crippen molar-refractivity contribution in [3.63, 3.8) is 0 Å². The molecule has 0 saturated carbocycles. The van der Waals surface area contributed by atoms with E-state index in [1.54, 1.807) is 32.4 Å². The molecule has 0 aliphatic rings. The van der Waals surface area contributed by atoms with Crippen LogP contribution in [0.1, 0.15) is 10.4 Å². The summed E-state index contributed by atoms with van der Waals surface area (Å²) in [5.41, 5.74) is 1.00. The van der Waals surface area contributed by atoms with Crippen molar-refractivity contribution < 1.29 is 13.2 Å². The summed E-state index contributed by atoms with van der Waals surface area (Å²) in [6, 6.07) is 8.99. The molecule has 0 amide bonds. The maximum absolute atomic E-state index is 12.2. The van der Waals surface area contributed by atoms with E-state index in [1.807, 2.05) is 19.1 Å². The maximum atomic E-state index is 12.2. The fourth-order valence-corrected chi connectivity index (χ4v) is 5.01. The number of aliphatic imine (C=N–C) groups is 1. The first-order valence-corrected chi connectivity index (χ1v) is 11.4. The molecule has 0 radical (unpaired) electrons. The zero-order valence-corrected chi connectivity index (χ0v) is 18.5. The van der Waals surface area contributed by atoms with Crippen LogP contribution in [-0.4, -0.2) is 48.2 Å². The highest BCUT2D eigenvalue weighted by molar-refractivity contribution is 7.91. The smallest absolute Gasteiger partial charge is 0.250 e. The number of halogens is 1. The number of guanidine groups is 1. The number of ether oxygens (including phenoxy) is 1. The molecule has 0 aliphatic heterocycles. The molecule has 1 heterocycles. The van der Waals surface area contributed by atoms with Gasteiger partial charge in [0.2, 0.25) is 10.0 Å². The maximum Gasteiger partial charge on any atom is 0.250 e. The molecule has 0 spiro atoms. The molecule has 1 aromatic heterocycles. The van der Waals surface area contributed by atoms with Gasteiger partial charge in [-0.25, -0.2) is 13.1 Å². The van der Waals surface area contributed by atoms with Crippen molar-refractivity contribution in [1.29, 1.82) is 0 Å². The SMILES string of the molecule is CN=C(NCCNS(=O)(=O)c1ccc(C)s1)NCCc1ccc(OC)cc1Cl. The Labute approximate surface area is 175 Å². The van der Waals surface area contributed by atoms with Crippen molar-refractivity contribution in [2.75, 3.05) is 33.8 Å². The Bertz CT molecular complexity index is 913. The Morgan fingerprint density at radius 1 is 1.18 bits per heavy atom. The molecular weight excluding hydrogens is 420 g/mol. The summed E-state index contributed by atoms with van der Waals surface area (Å²) < 4.78 is 32.4. The van der Waals surface area contributed by atoms with Crippen molar-refractivity contribution in [3.8, 4) is 5.75 Å². The van der Waals surface area contributed by atoms with E-state index in [2.05, 4.69) is 20.3 Å². The van der Waals surface area contributed by atoms with Crippen LogP contribution in [0.3, 0.4) is 0 Å². The molecule has 0 atom stereocenters. The van der Waals surface area contributed by atoms with Crippen molar-refractivity contribution in [1.82, 2.24) is 15.4 Å². The molecule has 0 aliphatic carbocycles. The zero-order valence-electron chi connectivity index (χ0n) is 16.1. The number of sulfonamides is 1. The first-order chi connectivity index (χ1) is 13.4. The van der Waals surface area contributed by atoms with Crippen molar-refractivity contribution in [2.45, 2.75) is 17.6 Å². The molecule has 2 aromatic rings. The molecule has 0 bridgehead atoms. The minimum atomic E-state index is -3.46. The number of benzene rings is 1. The van der Waals surface area contributed by atoms with Gasteiger partial charge >= 0.3 is 0 Å². The van der Waals surface area contributed by atoms with Crippen LogP contribution in [0.15, 0.2) is 39.5 Å². The Kier molecular flexibility index (Phi) is 8.56. The average molecular weight is 445 g/mol. The van der Waals surface area contributed by atoms with Crippen LogP contribution in [0, 0.1) is 6.92 Å². The second-order valence-electron chi connectivity index (χ2n) is 5.90. The number of nitrogens with one attached hydrogen (secondary N) is 3. The standard InChI is InChI=1S/C18H25ClN4O3S2/c1-13-4-7-17(27-13)28(24,25)23-11-10-22-18(20-2)21-9-8-14-5-6-15(26-3)12-16(14)19/h4-7,12,23H,8-11H2,1-3H3,(H2,20,21,22). The lowest BCUT2D eigenvalue weighted by molar-refractivity contribution is 0.414. The molecule has 28 heavy (non-hydrogen) atoms. The van der Waals surface area contributed by atoms with Crippen molar-refractivity contribution in [3.05, 3.63) is 45.8 Å². The van der Waals surface area contributed by atoms with Crippen LogP contribution in [0.4, 0.5) is 0 Å². The first-order valence-electron chi connectivity index (χ1n) is 8.68. The van der Waals surface area contributed by atoms with Gasteiger partial charge in [-0.2, -0.15) is 0 Å². The average Bonchev–Trinajstić information content (AvgIpc) is 3.12. The Balaban J connectivity index is 1.73. The van der Waals surface area contributed by atoms with Crippen LogP contribution >= 0.6 is 22.9 Å². The van der Waals surface area contributed by atoms with Crippen molar-refractivity contribution in [2.24, 2.45) is 4.99 Å². The summed E-state index contributed by atoms with van der Waals surface area (Å²) in [5, 5.41) is 6.92. The third kappa shape index (κ3) is 6.66. The molecule has 0 saturated heterocycles. The van der Waals surface area contributed by atoms with Gasteiger partial charge in [0.1, 0.15) is 9.96 Å². The molecule has 3 N–H and O–H groups in total. The molecular formula is C18H25ClN4O3S2. The quantitative estimate of drug-likeness (QED) is 0.314. The number of hydrogen-bond donors (Lipinski definition) is 3. The van der Waals surface area contributed by atoms with Gasteiger partial charge in [0.25, 0.3) is 0 Å². The molecule has 0 fully saturated rings. The van der Waals surface area contributed by atoms with E-state index in [1.165, 1.54) is 11.3 Å². The van der Waals surface area contributed by atoms with Crippen LogP contribution in [0.5, 0.6) is 5.75 Å². The van der Waals surface area contributed by atoms with Crippen LogP contribution in [0.25, 0.3) is 0 Å². The monoisotopic (exact) mass is 444 g/mol. The van der Waals surface area contributed by atoms with Gasteiger partial charge in [-0.3, -0.25) is 4.99 Å². The van der Waals surface area contributed by atoms with Crippen LogP contribution in [-0.2, 0) is 16.4 Å². The molecule has 2 rings (SSSR count). The van der Waals surface area contributed by atoms with Gasteiger partial charge in [-0.05, 0) is 43.2 Å². The minimum absolute atomic E-state index is 0.254. The lowest BCUT2D eigenvalue weighted by Gasteiger charge is -2.13. The highest BCUT2D eigenvalue weighted by Crippen LogP contribution is 2.22. The molecule has 7 nitrogen and oxygen atoms in total. The third-order valence-electron chi connectivity index (χ3n) is 3.86. The predicted octanol–water partition coefficient (Wildman–Crippen LogP) is 2.40. The van der Waals surface area contributed by atoms with Gasteiger partial charge in [-0.1, -0.05) is 17.7 Å². The summed E-state index contributed by atoms with van der Waals surface area (Å²) in [6.45, 7) is 3.17. The van der Waals surface area contributed by atoms with E-state index in [0.717, 1.165) is 16.2 Å². The largest absolute Gasteiger partial charge is 0.497 e. The fraction of sp³-hybridized carbons (Fsp3) is 0.389. The zero-order chi connectivity index (χ0) is 20.6. The first kappa shape index (κ1) is 22.5. The Morgan fingerprint density at radius 2 is 1.93 bits per heavy atom. The molecule has 10 heteroatoms. The van der Waals surface area contributed by atoms with E-state index in [0.29, 0.717) is 34.7 Å². The molecule has 154 valence electrons. The van der Waals surface area contributed by atoms with E-state index in [4.69, 9.17) is 16.3 Å². The Morgan fingerprint density at radius 3 is 2.54 bits per heavy atom. The second kappa shape index (κ2) is 10.7. The summed E-state index contributed by atoms with van der Waals surface area (Å²) in [4.78, 5) is 5.09. The summed E-state index contributed by atoms with van der Waals surface area (Å²) >= 11 is 7.49. The fourth-order valence-electron chi connectivity index (χ4n) is 2.39. The third-order valence-corrected chi connectivity index (χ3v) is 7.17. The van der Waals surface area contributed by atoms with Gasteiger partial charge in [0, 0.05) is 36.6 Å². The lowest BCUT2D eigenvalue weighted by Crippen LogP contribution is -2.42. The topological polar surface area (TPSA) is 91.8 Å². The number of aryl methyl sites for hydroxylation is 1. The van der Waals surface area contributed by atoms with E-state index in [9.17, 15) is 8.42 Å². The number of thiophene rings is 1. The van der Waals surface area contributed by atoms with Gasteiger partial charge in [0.15, 0.2) is 5.96 Å². The highest BCUT2D eigenvalue weighted by atomic mass is 35.5. The number of methoxy groups -OCH3 is 1. The molecule has 1 aromatic carbocycles. The normalized spacial score (nSPS) is 12.1. The Hall–Kier alpha value is -1.81. The van der Waals surface area contributed by atoms with Crippen molar-refractivity contribution >= 4 is 38.9 Å². The highest BCUT2D eigenvalue weighted by Gasteiger charge is 2.15.